The standard InChI is InChI=1S/C14H21N3O/c1-3-5-6-9-17-14(18)12-7-10-16-13(11-12)15-8-4-2/h4,7,10-11H,2-3,5-6,8-9H2,1H3,(H,15,16)(H,17,18). The minimum absolute atomic E-state index is 0.0462. The Bertz CT molecular complexity index is 390. The Balaban J connectivity index is 2.48. The quantitative estimate of drug-likeness (QED) is 0.548. The molecule has 0 unspecified atom stereocenters. The minimum atomic E-state index is -0.0462. The summed E-state index contributed by atoms with van der Waals surface area (Å²) in [4.78, 5) is 16.0. The highest BCUT2D eigenvalue weighted by Crippen LogP contribution is 2.06. The lowest BCUT2D eigenvalue weighted by Crippen LogP contribution is -2.24. The Morgan fingerprint density at radius 2 is 2.33 bits per heavy atom. The molecule has 2 N–H and O–H groups in total. The number of hydrogen-bond acceptors (Lipinski definition) is 3. The molecule has 0 spiro atoms. The van der Waals surface area contributed by atoms with Crippen molar-refractivity contribution < 1.29 is 4.79 Å². The van der Waals surface area contributed by atoms with Crippen LogP contribution in [0.2, 0.25) is 0 Å². The van der Waals surface area contributed by atoms with Crippen LogP contribution in [0.3, 0.4) is 0 Å². The van der Waals surface area contributed by atoms with Gasteiger partial charge in [-0.25, -0.2) is 4.98 Å². The molecule has 0 saturated carbocycles. The van der Waals surface area contributed by atoms with Crippen molar-refractivity contribution in [3.05, 3.63) is 36.5 Å². The second-order valence-corrected chi connectivity index (χ2v) is 4.06. The molecule has 0 atom stereocenters. The summed E-state index contributed by atoms with van der Waals surface area (Å²) in [6, 6.07) is 3.47. The zero-order chi connectivity index (χ0) is 13.2. The fourth-order valence-electron chi connectivity index (χ4n) is 1.52. The van der Waals surface area contributed by atoms with E-state index >= 15 is 0 Å². The third-order valence-corrected chi connectivity index (χ3v) is 2.52. The minimum Gasteiger partial charge on any atom is -0.367 e. The first-order chi connectivity index (χ1) is 8.77. The van der Waals surface area contributed by atoms with Crippen LogP contribution in [0, 0.1) is 0 Å². The van der Waals surface area contributed by atoms with E-state index in [1.165, 1.54) is 0 Å². The molecule has 1 amide bonds. The van der Waals surface area contributed by atoms with Crippen LogP contribution in [0.1, 0.15) is 36.5 Å². The van der Waals surface area contributed by atoms with Gasteiger partial charge in [0.05, 0.1) is 0 Å². The third kappa shape index (κ3) is 4.99. The predicted molar refractivity (Wildman–Crippen MR) is 74.8 cm³/mol. The molecule has 0 aliphatic rings. The van der Waals surface area contributed by atoms with E-state index in [0.717, 1.165) is 25.8 Å². The molecule has 0 saturated heterocycles. The maximum absolute atomic E-state index is 11.8. The van der Waals surface area contributed by atoms with Crippen molar-refractivity contribution in [1.29, 1.82) is 0 Å². The molecular formula is C14H21N3O. The Hall–Kier alpha value is -1.84. The van der Waals surface area contributed by atoms with Gasteiger partial charge < -0.3 is 10.6 Å². The summed E-state index contributed by atoms with van der Waals surface area (Å²) in [5.74, 6) is 0.645. The number of carbonyl (C=O) groups is 1. The van der Waals surface area contributed by atoms with Gasteiger partial charge in [-0.15, -0.1) is 6.58 Å². The van der Waals surface area contributed by atoms with Crippen molar-refractivity contribution in [2.75, 3.05) is 18.4 Å². The van der Waals surface area contributed by atoms with Gasteiger partial charge in [0.1, 0.15) is 5.82 Å². The third-order valence-electron chi connectivity index (χ3n) is 2.52. The Morgan fingerprint density at radius 1 is 1.50 bits per heavy atom. The number of unbranched alkanes of at least 4 members (excludes halogenated alkanes) is 2. The van der Waals surface area contributed by atoms with Crippen molar-refractivity contribution in [1.82, 2.24) is 10.3 Å². The van der Waals surface area contributed by atoms with Crippen LogP contribution < -0.4 is 10.6 Å². The van der Waals surface area contributed by atoms with E-state index in [1.54, 1.807) is 24.4 Å². The normalized spacial score (nSPS) is 9.83. The average molecular weight is 247 g/mol. The summed E-state index contributed by atoms with van der Waals surface area (Å²) in [6.07, 6.45) is 6.70. The highest BCUT2D eigenvalue weighted by atomic mass is 16.1. The molecule has 98 valence electrons. The van der Waals surface area contributed by atoms with Crippen molar-refractivity contribution in [3.63, 3.8) is 0 Å². The zero-order valence-corrected chi connectivity index (χ0v) is 10.9. The summed E-state index contributed by atoms with van der Waals surface area (Å²) in [5, 5.41) is 5.96. The second-order valence-electron chi connectivity index (χ2n) is 4.06. The maximum Gasteiger partial charge on any atom is 0.251 e. The molecule has 4 heteroatoms. The van der Waals surface area contributed by atoms with Crippen molar-refractivity contribution in [2.45, 2.75) is 26.2 Å². The molecule has 18 heavy (non-hydrogen) atoms. The molecule has 0 fully saturated rings. The van der Waals surface area contributed by atoms with Crippen LogP contribution in [0.25, 0.3) is 0 Å². The number of nitrogens with one attached hydrogen (secondary N) is 2. The smallest absolute Gasteiger partial charge is 0.251 e. The Morgan fingerprint density at radius 3 is 3.06 bits per heavy atom. The molecule has 0 aliphatic heterocycles. The van der Waals surface area contributed by atoms with E-state index in [2.05, 4.69) is 29.1 Å². The lowest BCUT2D eigenvalue weighted by molar-refractivity contribution is 0.0953. The summed E-state index contributed by atoms with van der Waals surface area (Å²) in [7, 11) is 0. The van der Waals surface area contributed by atoms with Crippen molar-refractivity contribution in [3.8, 4) is 0 Å². The van der Waals surface area contributed by atoms with E-state index in [-0.39, 0.29) is 5.91 Å². The SMILES string of the molecule is C=CCNc1cc(C(=O)NCCCCC)ccn1. The Kier molecular flexibility index (Phi) is 6.54. The van der Waals surface area contributed by atoms with Crippen molar-refractivity contribution >= 4 is 11.7 Å². The van der Waals surface area contributed by atoms with Gasteiger partial charge in [-0.05, 0) is 18.6 Å². The van der Waals surface area contributed by atoms with Crippen LogP contribution >= 0.6 is 0 Å². The molecule has 0 bridgehead atoms. The average Bonchev–Trinajstić information content (AvgIpc) is 2.41. The molecule has 0 radical (unpaired) electrons. The number of carbonyl (C=O) groups excluding carboxylic acids is 1. The van der Waals surface area contributed by atoms with E-state index in [4.69, 9.17) is 0 Å². The van der Waals surface area contributed by atoms with Gasteiger partial charge >= 0.3 is 0 Å². The van der Waals surface area contributed by atoms with Crippen LogP contribution in [-0.2, 0) is 0 Å². The lowest BCUT2D eigenvalue weighted by Gasteiger charge is -2.07. The van der Waals surface area contributed by atoms with E-state index in [0.29, 0.717) is 17.9 Å². The summed E-state index contributed by atoms with van der Waals surface area (Å²) < 4.78 is 0. The van der Waals surface area contributed by atoms with E-state index in [9.17, 15) is 4.79 Å². The van der Waals surface area contributed by atoms with Gasteiger partial charge in [0.2, 0.25) is 0 Å². The summed E-state index contributed by atoms with van der Waals surface area (Å²) in [6.45, 7) is 7.12. The molecule has 1 heterocycles. The molecule has 0 aliphatic carbocycles. The highest BCUT2D eigenvalue weighted by Gasteiger charge is 2.05. The molecule has 1 rings (SSSR count). The molecule has 4 nitrogen and oxygen atoms in total. The molecular weight excluding hydrogens is 226 g/mol. The first kappa shape index (κ1) is 14.2. The van der Waals surface area contributed by atoms with E-state index < -0.39 is 0 Å². The van der Waals surface area contributed by atoms with Crippen LogP contribution in [0.5, 0.6) is 0 Å². The predicted octanol–water partition coefficient (Wildman–Crippen LogP) is 2.60. The van der Waals surface area contributed by atoms with Crippen LogP contribution in [0.4, 0.5) is 5.82 Å². The fraction of sp³-hybridized carbons (Fsp3) is 0.429. The number of pyridine rings is 1. The number of rotatable bonds is 8. The number of anilines is 1. The molecule has 1 aromatic rings. The number of amides is 1. The summed E-state index contributed by atoms with van der Waals surface area (Å²) >= 11 is 0. The van der Waals surface area contributed by atoms with Crippen LogP contribution in [0.15, 0.2) is 31.0 Å². The molecule has 1 aromatic heterocycles. The maximum atomic E-state index is 11.8. The monoisotopic (exact) mass is 247 g/mol. The first-order valence-corrected chi connectivity index (χ1v) is 6.37. The van der Waals surface area contributed by atoms with Gasteiger partial charge in [-0.2, -0.15) is 0 Å². The first-order valence-electron chi connectivity index (χ1n) is 6.37. The summed E-state index contributed by atoms with van der Waals surface area (Å²) in [5.41, 5.74) is 0.632. The van der Waals surface area contributed by atoms with Gasteiger partial charge in [0, 0.05) is 24.8 Å². The number of aromatic nitrogens is 1. The highest BCUT2D eigenvalue weighted by molar-refractivity contribution is 5.94. The van der Waals surface area contributed by atoms with Gasteiger partial charge in [0.15, 0.2) is 0 Å². The van der Waals surface area contributed by atoms with Gasteiger partial charge in [-0.1, -0.05) is 25.8 Å². The largest absolute Gasteiger partial charge is 0.367 e. The van der Waals surface area contributed by atoms with Gasteiger partial charge in [0.25, 0.3) is 5.91 Å². The van der Waals surface area contributed by atoms with E-state index in [1.807, 2.05) is 0 Å². The topological polar surface area (TPSA) is 54.0 Å². The van der Waals surface area contributed by atoms with Crippen molar-refractivity contribution in [2.24, 2.45) is 0 Å². The fourth-order valence-corrected chi connectivity index (χ4v) is 1.52. The number of hydrogen-bond donors (Lipinski definition) is 2. The molecule has 0 aromatic carbocycles. The Labute approximate surface area is 109 Å². The number of nitrogens with zero attached hydrogens (tertiary/aromatic N) is 1. The second kappa shape index (κ2) is 8.28. The lowest BCUT2D eigenvalue weighted by atomic mass is 10.2. The van der Waals surface area contributed by atoms with Gasteiger partial charge in [-0.3, -0.25) is 4.79 Å². The van der Waals surface area contributed by atoms with Crippen LogP contribution in [-0.4, -0.2) is 24.0 Å². The zero-order valence-electron chi connectivity index (χ0n) is 10.9.